The van der Waals surface area contributed by atoms with Crippen molar-refractivity contribution in [3.05, 3.63) is 64.7 Å². The monoisotopic (exact) mass is 307 g/mol. The largest absolute Gasteiger partial charge is 0.496 e. The van der Waals surface area contributed by atoms with Crippen LogP contribution in [0.4, 0.5) is 0 Å². The Morgan fingerprint density at radius 2 is 1.85 bits per heavy atom. The second kappa shape index (κ2) is 7.58. The molecule has 2 aromatic carbocycles. The van der Waals surface area contributed by atoms with E-state index in [0.29, 0.717) is 0 Å². The van der Waals surface area contributed by atoms with Gasteiger partial charge in [0.1, 0.15) is 5.75 Å². The van der Waals surface area contributed by atoms with Gasteiger partial charge in [-0.15, -0.1) is 0 Å². The van der Waals surface area contributed by atoms with Crippen LogP contribution in [0.15, 0.2) is 48.5 Å². The van der Waals surface area contributed by atoms with Crippen LogP contribution in [0.5, 0.6) is 5.75 Å². The summed E-state index contributed by atoms with van der Waals surface area (Å²) in [5.74, 6) is 2.63. The van der Waals surface area contributed by atoms with Gasteiger partial charge in [-0.05, 0) is 23.8 Å². The summed E-state index contributed by atoms with van der Waals surface area (Å²) in [5, 5.41) is 0.768. The van der Waals surface area contributed by atoms with Crippen LogP contribution in [-0.4, -0.2) is 12.9 Å². The summed E-state index contributed by atoms with van der Waals surface area (Å²) in [6.45, 7) is 0. The minimum absolute atomic E-state index is 0.0246. The Labute approximate surface area is 129 Å². The first-order valence-corrected chi connectivity index (χ1v) is 7.94. The molecule has 20 heavy (non-hydrogen) atoms. The second-order valence-corrected chi connectivity index (χ2v) is 5.96. The van der Waals surface area contributed by atoms with Gasteiger partial charge in [0.2, 0.25) is 0 Å². The van der Waals surface area contributed by atoms with Gasteiger partial charge in [-0.2, -0.15) is 11.8 Å². The first-order chi connectivity index (χ1) is 9.70. The van der Waals surface area contributed by atoms with Gasteiger partial charge in [0.05, 0.1) is 7.11 Å². The number of rotatable bonds is 6. The lowest BCUT2D eigenvalue weighted by Crippen LogP contribution is -2.14. The van der Waals surface area contributed by atoms with Crippen molar-refractivity contribution in [2.45, 2.75) is 11.8 Å². The van der Waals surface area contributed by atoms with Crippen molar-refractivity contribution in [1.82, 2.24) is 0 Å². The molecule has 0 bridgehead atoms. The zero-order valence-corrected chi connectivity index (χ0v) is 13.0. The lowest BCUT2D eigenvalue weighted by atomic mass is 10.1. The Kier molecular flexibility index (Phi) is 5.77. The maximum absolute atomic E-state index is 6.24. The van der Waals surface area contributed by atoms with Crippen molar-refractivity contribution in [2.24, 2.45) is 5.73 Å². The summed E-state index contributed by atoms with van der Waals surface area (Å²) in [6, 6.07) is 15.8. The third-order valence-corrected chi connectivity index (χ3v) is 4.40. The maximum atomic E-state index is 6.24. The predicted molar refractivity (Wildman–Crippen MR) is 87.5 cm³/mol. The fraction of sp³-hybridized carbons (Fsp3) is 0.250. The number of thioether (sulfide) groups is 1. The average Bonchev–Trinajstić information content (AvgIpc) is 2.49. The van der Waals surface area contributed by atoms with Crippen molar-refractivity contribution >= 4 is 23.4 Å². The fourth-order valence-corrected chi connectivity index (χ4v) is 3.05. The van der Waals surface area contributed by atoms with Crippen LogP contribution in [0.1, 0.15) is 17.2 Å². The van der Waals surface area contributed by atoms with Crippen LogP contribution >= 0.6 is 23.4 Å². The number of benzene rings is 2. The molecule has 0 aliphatic heterocycles. The summed E-state index contributed by atoms with van der Waals surface area (Å²) < 4.78 is 5.34. The van der Waals surface area contributed by atoms with Crippen LogP contribution in [0.3, 0.4) is 0 Å². The second-order valence-electron chi connectivity index (χ2n) is 4.49. The van der Waals surface area contributed by atoms with E-state index in [2.05, 4.69) is 0 Å². The van der Waals surface area contributed by atoms with Crippen LogP contribution in [0, 0.1) is 0 Å². The van der Waals surface area contributed by atoms with Crippen LogP contribution in [0.25, 0.3) is 0 Å². The minimum Gasteiger partial charge on any atom is -0.496 e. The quantitative estimate of drug-likeness (QED) is 0.865. The van der Waals surface area contributed by atoms with E-state index in [1.807, 2.05) is 60.3 Å². The normalized spacial score (nSPS) is 12.2. The van der Waals surface area contributed by atoms with Gasteiger partial charge < -0.3 is 10.5 Å². The Morgan fingerprint density at radius 1 is 1.15 bits per heavy atom. The smallest absolute Gasteiger partial charge is 0.123 e. The molecule has 2 nitrogen and oxygen atoms in total. The maximum Gasteiger partial charge on any atom is 0.123 e. The van der Waals surface area contributed by atoms with Gasteiger partial charge >= 0.3 is 0 Å². The topological polar surface area (TPSA) is 35.2 Å². The highest BCUT2D eigenvalue weighted by Gasteiger charge is 2.11. The number of ether oxygens (including phenoxy) is 1. The molecule has 0 saturated heterocycles. The van der Waals surface area contributed by atoms with Crippen molar-refractivity contribution in [3.8, 4) is 5.75 Å². The van der Waals surface area contributed by atoms with Gasteiger partial charge in [-0.3, -0.25) is 0 Å². The average molecular weight is 308 g/mol. The molecular formula is C16H18ClNOS. The third-order valence-electron chi connectivity index (χ3n) is 3.02. The van der Waals surface area contributed by atoms with Crippen LogP contribution in [0.2, 0.25) is 5.02 Å². The molecule has 0 saturated carbocycles. The lowest BCUT2D eigenvalue weighted by Gasteiger charge is -2.15. The SMILES string of the molecule is COc1ccccc1C(N)CSCc1ccc(Cl)cc1. The summed E-state index contributed by atoms with van der Waals surface area (Å²) >= 11 is 7.68. The molecule has 0 amide bonds. The van der Waals surface area contributed by atoms with E-state index in [4.69, 9.17) is 22.1 Å². The molecule has 1 atom stereocenters. The summed E-state index contributed by atoms with van der Waals surface area (Å²) in [6.07, 6.45) is 0. The number of hydrogen-bond donors (Lipinski definition) is 1. The highest BCUT2D eigenvalue weighted by molar-refractivity contribution is 7.98. The van der Waals surface area contributed by atoms with E-state index >= 15 is 0 Å². The minimum atomic E-state index is -0.0246. The van der Waals surface area contributed by atoms with Crippen LogP contribution in [-0.2, 0) is 5.75 Å². The van der Waals surface area contributed by atoms with E-state index in [1.165, 1.54) is 5.56 Å². The Bertz CT molecular complexity index is 544. The Hall–Kier alpha value is -1.16. The molecule has 2 N–H and O–H groups in total. The van der Waals surface area contributed by atoms with E-state index in [0.717, 1.165) is 27.8 Å². The molecule has 0 aliphatic rings. The predicted octanol–water partition coefficient (Wildman–Crippen LogP) is 4.28. The fourth-order valence-electron chi connectivity index (χ4n) is 1.95. The molecule has 0 heterocycles. The molecule has 106 valence electrons. The molecule has 1 unspecified atom stereocenters. The standard InChI is InChI=1S/C16H18ClNOS/c1-19-16-5-3-2-4-14(16)15(18)11-20-10-12-6-8-13(17)9-7-12/h2-9,15H,10-11,18H2,1H3. The summed E-state index contributed by atoms with van der Waals surface area (Å²) in [4.78, 5) is 0. The van der Waals surface area contributed by atoms with E-state index in [1.54, 1.807) is 7.11 Å². The molecule has 0 radical (unpaired) electrons. The first-order valence-electron chi connectivity index (χ1n) is 6.41. The zero-order chi connectivity index (χ0) is 14.4. The van der Waals surface area contributed by atoms with Gasteiger partial charge in [-0.1, -0.05) is 41.9 Å². The molecule has 0 aromatic heterocycles. The Morgan fingerprint density at radius 3 is 2.55 bits per heavy atom. The van der Waals surface area contributed by atoms with Crippen molar-refractivity contribution in [1.29, 1.82) is 0 Å². The molecule has 0 aliphatic carbocycles. The number of methoxy groups -OCH3 is 1. The Balaban J connectivity index is 1.89. The highest BCUT2D eigenvalue weighted by Crippen LogP contribution is 2.26. The number of nitrogens with two attached hydrogens (primary N) is 1. The highest BCUT2D eigenvalue weighted by atomic mass is 35.5. The molecular weight excluding hydrogens is 290 g/mol. The van der Waals surface area contributed by atoms with Crippen molar-refractivity contribution in [2.75, 3.05) is 12.9 Å². The number of hydrogen-bond acceptors (Lipinski definition) is 3. The van der Waals surface area contributed by atoms with Gasteiger partial charge in [0.25, 0.3) is 0 Å². The van der Waals surface area contributed by atoms with E-state index in [9.17, 15) is 0 Å². The molecule has 2 aromatic rings. The van der Waals surface area contributed by atoms with Crippen LogP contribution < -0.4 is 10.5 Å². The van der Waals surface area contributed by atoms with Gasteiger partial charge in [0.15, 0.2) is 0 Å². The number of halogens is 1. The third kappa shape index (κ3) is 4.17. The van der Waals surface area contributed by atoms with Crippen molar-refractivity contribution in [3.63, 3.8) is 0 Å². The zero-order valence-electron chi connectivity index (χ0n) is 11.4. The summed E-state index contributed by atoms with van der Waals surface area (Å²) in [7, 11) is 1.67. The molecule has 4 heteroatoms. The molecule has 2 rings (SSSR count). The summed E-state index contributed by atoms with van der Waals surface area (Å²) in [5.41, 5.74) is 8.55. The first kappa shape index (κ1) is 15.2. The van der Waals surface area contributed by atoms with Crippen molar-refractivity contribution < 1.29 is 4.74 Å². The number of para-hydroxylation sites is 1. The molecule has 0 fully saturated rings. The van der Waals surface area contributed by atoms with Gasteiger partial charge in [0, 0.05) is 28.1 Å². The van der Waals surface area contributed by atoms with E-state index in [-0.39, 0.29) is 6.04 Å². The molecule has 0 spiro atoms. The lowest BCUT2D eigenvalue weighted by molar-refractivity contribution is 0.407. The van der Waals surface area contributed by atoms with E-state index < -0.39 is 0 Å². The van der Waals surface area contributed by atoms with Gasteiger partial charge in [-0.25, -0.2) is 0 Å².